The SMILES string of the molecule is C[C@@H](CCCc1ccccc1)[C@H](O)/C=C/[C@H]1CCC(=O)N1CC#CCCCC(=O)O. The maximum absolute atomic E-state index is 12.1. The van der Waals surface area contributed by atoms with Crippen molar-refractivity contribution < 1.29 is 19.8 Å². The molecule has 30 heavy (non-hydrogen) atoms. The maximum Gasteiger partial charge on any atom is 0.303 e. The molecule has 1 amide bonds. The normalized spacial score (nSPS) is 18.3. The van der Waals surface area contributed by atoms with Crippen LogP contribution in [0.5, 0.6) is 0 Å². The number of aliphatic hydroxyl groups excluding tert-OH is 1. The number of unbranched alkanes of at least 4 members (excludes halogenated alkanes) is 1. The van der Waals surface area contributed by atoms with E-state index in [1.807, 2.05) is 30.4 Å². The first-order chi connectivity index (χ1) is 14.5. The van der Waals surface area contributed by atoms with Crippen molar-refractivity contribution in [3.63, 3.8) is 0 Å². The Bertz CT molecular complexity index is 762. The predicted molar refractivity (Wildman–Crippen MR) is 118 cm³/mol. The van der Waals surface area contributed by atoms with Crippen molar-refractivity contribution in [1.82, 2.24) is 4.90 Å². The van der Waals surface area contributed by atoms with Gasteiger partial charge in [0, 0.05) is 19.3 Å². The fourth-order valence-corrected chi connectivity index (χ4v) is 3.59. The Hall–Kier alpha value is -2.58. The highest BCUT2D eigenvalue weighted by Gasteiger charge is 2.28. The average molecular weight is 412 g/mol. The summed E-state index contributed by atoms with van der Waals surface area (Å²) < 4.78 is 0. The van der Waals surface area contributed by atoms with E-state index in [1.54, 1.807) is 4.90 Å². The van der Waals surface area contributed by atoms with Crippen LogP contribution in [0.4, 0.5) is 0 Å². The number of aliphatic carboxylic acids is 1. The number of benzene rings is 1. The van der Waals surface area contributed by atoms with Gasteiger partial charge in [-0.1, -0.05) is 55.3 Å². The highest BCUT2D eigenvalue weighted by atomic mass is 16.4. The third-order valence-corrected chi connectivity index (χ3v) is 5.52. The number of nitrogens with zero attached hydrogens (tertiary/aromatic N) is 1. The summed E-state index contributed by atoms with van der Waals surface area (Å²) in [5.41, 5.74) is 1.32. The molecule has 0 spiro atoms. The van der Waals surface area contributed by atoms with E-state index in [0.29, 0.717) is 25.8 Å². The number of likely N-dealkylation sites (tertiary alicyclic amines) is 1. The van der Waals surface area contributed by atoms with Crippen molar-refractivity contribution in [2.75, 3.05) is 6.54 Å². The lowest BCUT2D eigenvalue weighted by Gasteiger charge is -2.21. The van der Waals surface area contributed by atoms with Crippen LogP contribution in [0.15, 0.2) is 42.5 Å². The summed E-state index contributed by atoms with van der Waals surface area (Å²) >= 11 is 0. The molecule has 1 aromatic rings. The highest BCUT2D eigenvalue weighted by Crippen LogP contribution is 2.21. The molecule has 5 nitrogen and oxygen atoms in total. The Morgan fingerprint density at radius 3 is 2.77 bits per heavy atom. The van der Waals surface area contributed by atoms with E-state index in [9.17, 15) is 14.7 Å². The molecule has 5 heteroatoms. The minimum Gasteiger partial charge on any atom is -0.481 e. The molecule has 0 aliphatic carbocycles. The Labute approximate surface area is 179 Å². The summed E-state index contributed by atoms with van der Waals surface area (Å²) in [5, 5.41) is 19.1. The Morgan fingerprint density at radius 2 is 2.03 bits per heavy atom. The lowest BCUT2D eigenvalue weighted by atomic mass is 9.95. The average Bonchev–Trinajstić information content (AvgIpc) is 3.08. The molecule has 1 aromatic carbocycles. The van der Waals surface area contributed by atoms with Gasteiger partial charge in [-0.3, -0.25) is 9.59 Å². The van der Waals surface area contributed by atoms with E-state index in [2.05, 4.69) is 30.9 Å². The highest BCUT2D eigenvalue weighted by molar-refractivity contribution is 5.79. The van der Waals surface area contributed by atoms with Gasteiger partial charge in [0.05, 0.1) is 18.7 Å². The molecule has 0 saturated carbocycles. The van der Waals surface area contributed by atoms with Gasteiger partial charge in [-0.15, -0.1) is 5.92 Å². The van der Waals surface area contributed by atoms with E-state index in [1.165, 1.54) is 5.56 Å². The number of carbonyl (C=O) groups is 2. The second-order valence-electron chi connectivity index (χ2n) is 7.96. The molecule has 1 saturated heterocycles. The molecule has 0 aromatic heterocycles. The minimum atomic E-state index is -0.815. The molecule has 1 aliphatic heterocycles. The van der Waals surface area contributed by atoms with Crippen LogP contribution in [0.2, 0.25) is 0 Å². The zero-order valence-electron chi connectivity index (χ0n) is 17.8. The van der Waals surface area contributed by atoms with Crippen molar-refractivity contribution in [2.24, 2.45) is 5.92 Å². The molecule has 162 valence electrons. The van der Waals surface area contributed by atoms with Crippen molar-refractivity contribution in [1.29, 1.82) is 0 Å². The third kappa shape index (κ3) is 8.42. The van der Waals surface area contributed by atoms with E-state index in [4.69, 9.17) is 5.11 Å². The molecule has 0 bridgehead atoms. The van der Waals surface area contributed by atoms with Crippen LogP contribution in [0, 0.1) is 17.8 Å². The van der Waals surface area contributed by atoms with Crippen LogP contribution in [-0.2, 0) is 16.0 Å². The molecule has 0 unspecified atom stereocenters. The van der Waals surface area contributed by atoms with Crippen LogP contribution in [0.25, 0.3) is 0 Å². The largest absolute Gasteiger partial charge is 0.481 e. The third-order valence-electron chi connectivity index (χ3n) is 5.52. The minimum absolute atomic E-state index is 0.0306. The topological polar surface area (TPSA) is 77.8 Å². The molecule has 2 N–H and O–H groups in total. The van der Waals surface area contributed by atoms with Crippen molar-refractivity contribution in [3.05, 3.63) is 48.0 Å². The number of hydrogen-bond donors (Lipinski definition) is 2. The molecule has 1 fully saturated rings. The molecule has 3 atom stereocenters. The summed E-state index contributed by atoms with van der Waals surface area (Å²) in [5.74, 6) is 5.35. The lowest BCUT2D eigenvalue weighted by Crippen LogP contribution is -2.32. The second-order valence-corrected chi connectivity index (χ2v) is 7.96. The van der Waals surface area contributed by atoms with Crippen LogP contribution in [0.3, 0.4) is 0 Å². The summed E-state index contributed by atoms with van der Waals surface area (Å²) in [6, 6.07) is 10.3. The molecular weight excluding hydrogens is 378 g/mol. The Morgan fingerprint density at radius 1 is 1.27 bits per heavy atom. The van der Waals surface area contributed by atoms with Crippen LogP contribution in [-0.4, -0.2) is 45.7 Å². The number of amides is 1. The van der Waals surface area contributed by atoms with Crippen LogP contribution in [0.1, 0.15) is 57.4 Å². The van der Waals surface area contributed by atoms with Gasteiger partial charge >= 0.3 is 5.97 Å². The van der Waals surface area contributed by atoms with Gasteiger partial charge in [-0.05, 0) is 43.6 Å². The standard InChI is InChI=1S/C25H33NO4/c1-20(10-9-13-21-11-5-4-6-12-21)23(27)17-15-22-16-18-24(28)26(22)19-8-3-2-7-14-25(29)30/h4-6,11-12,15,17,20,22-23,27H,2,7,9-10,13-14,16,18-19H2,1H3,(H,29,30)/b17-15+/t20-,22-,23+/m0/s1. The van der Waals surface area contributed by atoms with E-state index in [0.717, 1.165) is 25.7 Å². The summed E-state index contributed by atoms with van der Waals surface area (Å²) in [6.07, 6.45) is 8.62. The number of aryl methyl sites for hydroxylation is 1. The van der Waals surface area contributed by atoms with Gasteiger partial charge in [0.15, 0.2) is 0 Å². The smallest absolute Gasteiger partial charge is 0.303 e. The van der Waals surface area contributed by atoms with Crippen LogP contribution >= 0.6 is 0 Å². The number of hydrogen-bond acceptors (Lipinski definition) is 3. The van der Waals surface area contributed by atoms with Gasteiger partial charge in [0.2, 0.25) is 5.91 Å². The number of carboxylic acids is 1. The van der Waals surface area contributed by atoms with Gasteiger partial charge in [0.25, 0.3) is 0 Å². The first kappa shape index (κ1) is 23.7. The number of aliphatic hydroxyl groups is 1. The van der Waals surface area contributed by atoms with Crippen LogP contribution < -0.4 is 0 Å². The fourth-order valence-electron chi connectivity index (χ4n) is 3.59. The first-order valence-corrected chi connectivity index (χ1v) is 10.8. The van der Waals surface area contributed by atoms with Crippen molar-refractivity contribution in [3.8, 4) is 11.8 Å². The Kier molecular flexibility index (Phi) is 10.2. The number of carbonyl (C=O) groups excluding carboxylic acids is 1. The zero-order valence-corrected chi connectivity index (χ0v) is 17.8. The molecule has 0 radical (unpaired) electrons. The maximum atomic E-state index is 12.1. The second kappa shape index (κ2) is 12.9. The van der Waals surface area contributed by atoms with Crippen molar-refractivity contribution >= 4 is 11.9 Å². The van der Waals surface area contributed by atoms with E-state index >= 15 is 0 Å². The van der Waals surface area contributed by atoms with Gasteiger partial charge in [-0.2, -0.15) is 0 Å². The number of carboxylic acid groups (broad SMARTS) is 1. The molecule has 2 rings (SSSR count). The van der Waals surface area contributed by atoms with E-state index < -0.39 is 12.1 Å². The predicted octanol–water partition coefficient (Wildman–Crippen LogP) is 3.81. The molecule has 1 aliphatic rings. The van der Waals surface area contributed by atoms with Crippen molar-refractivity contribution in [2.45, 2.75) is 70.4 Å². The molecular formula is C25H33NO4. The first-order valence-electron chi connectivity index (χ1n) is 10.8. The van der Waals surface area contributed by atoms with Gasteiger partial charge in [-0.25, -0.2) is 0 Å². The fraction of sp³-hybridized carbons (Fsp3) is 0.520. The lowest BCUT2D eigenvalue weighted by molar-refractivity contribution is -0.137. The number of rotatable bonds is 11. The van der Waals surface area contributed by atoms with E-state index in [-0.39, 0.29) is 24.3 Å². The van der Waals surface area contributed by atoms with Gasteiger partial charge < -0.3 is 15.1 Å². The molecule has 1 heterocycles. The summed E-state index contributed by atoms with van der Waals surface area (Å²) in [6.45, 7) is 2.41. The summed E-state index contributed by atoms with van der Waals surface area (Å²) in [7, 11) is 0. The Balaban J connectivity index is 1.75. The summed E-state index contributed by atoms with van der Waals surface area (Å²) in [4.78, 5) is 24.4. The monoisotopic (exact) mass is 411 g/mol. The van der Waals surface area contributed by atoms with Gasteiger partial charge in [0.1, 0.15) is 0 Å². The quantitative estimate of drug-likeness (QED) is 0.330. The zero-order chi connectivity index (χ0) is 21.8.